The number of benzene rings is 1. The maximum absolute atomic E-state index is 12.6. The van der Waals surface area contributed by atoms with E-state index in [2.05, 4.69) is 10.3 Å². The van der Waals surface area contributed by atoms with Crippen molar-refractivity contribution in [3.05, 3.63) is 54.5 Å². The Labute approximate surface area is 108 Å². The Hall–Kier alpha value is -1.88. The first-order valence-corrected chi connectivity index (χ1v) is 6.32. The molecule has 1 aromatic heterocycles. The fraction of sp³-hybridized carbons (Fsp3) is 0.0769. The van der Waals surface area contributed by atoms with Crippen molar-refractivity contribution in [3.63, 3.8) is 0 Å². The highest BCUT2D eigenvalue weighted by Crippen LogP contribution is 2.16. The van der Waals surface area contributed by atoms with E-state index in [1.165, 1.54) is 23.9 Å². The molecule has 1 heterocycles. The van der Waals surface area contributed by atoms with Crippen molar-refractivity contribution < 1.29 is 9.18 Å². The Balaban J connectivity index is 1.84. The molecule has 0 unspecified atom stereocenters. The number of halogens is 1. The van der Waals surface area contributed by atoms with Crippen molar-refractivity contribution >= 4 is 23.5 Å². The molecule has 0 spiro atoms. The zero-order valence-electron chi connectivity index (χ0n) is 9.47. The van der Waals surface area contributed by atoms with Gasteiger partial charge in [-0.15, -0.1) is 11.8 Å². The van der Waals surface area contributed by atoms with Crippen LogP contribution < -0.4 is 5.32 Å². The summed E-state index contributed by atoms with van der Waals surface area (Å²) in [5.74, 6) is 0.0629. The van der Waals surface area contributed by atoms with Gasteiger partial charge in [0, 0.05) is 4.90 Å². The van der Waals surface area contributed by atoms with E-state index < -0.39 is 5.82 Å². The van der Waals surface area contributed by atoms with Gasteiger partial charge in [-0.3, -0.25) is 4.79 Å². The van der Waals surface area contributed by atoms with E-state index in [0.717, 1.165) is 11.1 Å². The Morgan fingerprint density at radius 1 is 1.22 bits per heavy atom. The molecule has 3 nitrogen and oxygen atoms in total. The van der Waals surface area contributed by atoms with Gasteiger partial charge in [0.15, 0.2) is 0 Å². The smallest absolute Gasteiger partial charge is 0.235 e. The highest BCUT2D eigenvalue weighted by molar-refractivity contribution is 8.00. The molecule has 92 valence electrons. The lowest BCUT2D eigenvalue weighted by atomic mass is 10.4. The van der Waals surface area contributed by atoms with Gasteiger partial charge < -0.3 is 5.32 Å². The Morgan fingerprint density at radius 2 is 2.00 bits per heavy atom. The lowest BCUT2D eigenvalue weighted by Gasteiger charge is -2.04. The van der Waals surface area contributed by atoms with Crippen LogP contribution in [0.1, 0.15) is 0 Å². The van der Waals surface area contributed by atoms with Crippen molar-refractivity contribution in [1.82, 2.24) is 4.98 Å². The van der Waals surface area contributed by atoms with Crippen LogP contribution in [0.25, 0.3) is 0 Å². The van der Waals surface area contributed by atoms with E-state index in [1.54, 1.807) is 0 Å². The summed E-state index contributed by atoms with van der Waals surface area (Å²) in [7, 11) is 0. The zero-order chi connectivity index (χ0) is 12.8. The maximum Gasteiger partial charge on any atom is 0.235 e. The first-order valence-electron chi connectivity index (χ1n) is 5.33. The summed E-state index contributed by atoms with van der Waals surface area (Å²) in [5, 5.41) is 2.60. The maximum atomic E-state index is 12.6. The second-order valence-electron chi connectivity index (χ2n) is 3.51. The van der Waals surface area contributed by atoms with Crippen molar-refractivity contribution in [2.75, 3.05) is 11.1 Å². The minimum Gasteiger partial charge on any atom is -0.310 e. The van der Waals surface area contributed by atoms with Crippen LogP contribution in [-0.2, 0) is 4.79 Å². The third-order valence-corrected chi connectivity index (χ3v) is 3.12. The molecule has 0 radical (unpaired) electrons. The average Bonchev–Trinajstić information content (AvgIpc) is 2.40. The molecule has 0 fully saturated rings. The third-order valence-electron chi connectivity index (χ3n) is 2.11. The van der Waals surface area contributed by atoms with Crippen molar-refractivity contribution in [2.45, 2.75) is 4.90 Å². The van der Waals surface area contributed by atoms with E-state index >= 15 is 0 Å². The minimum atomic E-state index is -0.424. The molecule has 0 saturated heterocycles. The number of rotatable bonds is 4. The topological polar surface area (TPSA) is 42.0 Å². The first kappa shape index (κ1) is 12.6. The van der Waals surface area contributed by atoms with Crippen molar-refractivity contribution in [3.8, 4) is 0 Å². The predicted octanol–water partition coefficient (Wildman–Crippen LogP) is 2.95. The molecule has 5 heteroatoms. The molecule has 1 amide bonds. The SMILES string of the molecule is O=C(CSc1ccccc1)Nc1ccc(F)cn1. The number of hydrogen-bond donors (Lipinski definition) is 1. The largest absolute Gasteiger partial charge is 0.310 e. The predicted molar refractivity (Wildman–Crippen MR) is 70.0 cm³/mol. The molecule has 18 heavy (non-hydrogen) atoms. The molecule has 0 saturated carbocycles. The number of hydrogen-bond acceptors (Lipinski definition) is 3. The van der Waals surface area contributed by atoms with Crippen LogP contribution in [0.2, 0.25) is 0 Å². The van der Waals surface area contributed by atoms with Gasteiger partial charge in [0.1, 0.15) is 11.6 Å². The van der Waals surface area contributed by atoms with Gasteiger partial charge in [0.2, 0.25) is 5.91 Å². The Kier molecular flexibility index (Phi) is 4.30. The second kappa shape index (κ2) is 6.16. The summed E-state index contributed by atoms with van der Waals surface area (Å²) >= 11 is 1.44. The summed E-state index contributed by atoms with van der Waals surface area (Å²) in [4.78, 5) is 16.4. The highest BCUT2D eigenvalue weighted by atomic mass is 32.2. The van der Waals surface area contributed by atoms with Crippen LogP contribution >= 0.6 is 11.8 Å². The number of amides is 1. The molecule has 0 bridgehead atoms. The molecule has 0 aliphatic carbocycles. The first-order chi connectivity index (χ1) is 8.74. The van der Waals surface area contributed by atoms with Crippen LogP contribution in [-0.4, -0.2) is 16.6 Å². The van der Waals surface area contributed by atoms with E-state index in [-0.39, 0.29) is 5.91 Å². The van der Waals surface area contributed by atoms with Crippen LogP contribution in [0.15, 0.2) is 53.6 Å². The van der Waals surface area contributed by atoms with Crippen molar-refractivity contribution in [2.24, 2.45) is 0 Å². The summed E-state index contributed by atoms with van der Waals surface area (Å²) in [5.41, 5.74) is 0. The molecule has 2 rings (SSSR count). The molecule has 0 aliphatic rings. The van der Waals surface area contributed by atoms with Gasteiger partial charge >= 0.3 is 0 Å². The number of carbonyl (C=O) groups is 1. The number of carbonyl (C=O) groups excluding carboxylic acids is 1. The molecule has 2 aromatic rings. The fourth-order valence-corrected chi connectivity index (χ4v) is 2.01. The Bertz CT molecular complexity index is 516. The number of thioether (sulfide) groups is 1. The minimum absolute atomic E-state index is 0.164. The van der Waals surface area contributed by atoms with Gasteiger partial charge in [-0.1, -0.05) is 18.2 Å². The lowest BCUT2D eigenvalue weighted by molar-refractivity contribution is -0.113. The molecule has 1 aromatic carbocycles. The van der Waals surface area contributed by atoms with Crippen LogP contribution in [0.5, 0.6) is 0 Å². The number of nitrogens with one attached hydrogen (secondary N) is 1. The molecular weight excluding hydrogens is 251 g/mol. The van der Waals surface area contributed by atoms with Gasteiger partial charge in [0.05, 0.1) is 11.9 Å². The summed E-state index contributed by atoms with van der Waals surface area (Å²) in [6.07, 6.45) is 1.07. The third kappa shape index (κ3) is 3.85. The van der Waals surface area contributed by atoms with Crippen molar-refractivity contribution in [1.29, 1.82) is 0 Å². The normalized spacial score (nSPS) is 10.1. The lowest BCUT2D eigenvalue weighted by Crippen LogP contribution is -2.14. The zero-order valence-corrected chi connectivity index (χ0v) is 10.3. The van der Waals surface area contributed by atoms with E-state index in [4.69, 9.17) is 0 Å². The van der Waals surface area contributed by atoms with Crippen LogP contribution in [0.3, 0.4) is 0 Å². The standard InChI is InChI=1S/C13H11FN2OS/c14-10-6-7-12(15-8-10)16-13(17)9-18-11-4-2-1-3-5-11/h1-8H,9H2,(H,15,16,17). The number of anilines is 1. The second-order valence-corrected chi connectivity index (χ2v) is 4.56. The summed E-state index contributed by atoms with van der Waals surface area (Å²) < 4.78 is 12.6. The van der Waals surface area contributed by atoms with E-state index in [0.29, 0.717) is 11.6 Å². The van der Waals surface area contributed by atoms with Crippen LogP contribution in [0.4, 0.5) is 10.2 Å². The van der Waals surface area contributed by atoms with Gasteiger partial charge in [-0.05, 0) is 24.3 Å². The molecular formula is C13H11FN2OS. The monoisotopic (exact) mass is 262 g/mol. The molecule has 0 atom stereocenters. The Morgan fingerprint density at radius 3 is 2.67 bits per heavy atom. The van der Waals surface area contributed by atoms with Gasteiger partial charge in [0.25, 0.3) is 0 Å². The van der Waals surface area contributed by atoms with E-state index in [1.807, 2.05) is 30.3 Å². The number of nitrogens with zero attached hydrogens (tertiary/aromatic N) is 1. The summed E-state index contributed by atoms with van der Waals surface area (Å²) in [6.45, 7) is 0. The molecule has 0 aliphatic heterocycles. The number of pyridine rings is 1. The number of aromatic nitrogens is 1. The van der Waals surface area contributed by atoms with Crippen LogP contribution in [0, 0.1) is 5.82 Å². The van der Waals surface area contributed by atoms with Gasteiger partial charge in [-0.25, -0.2) is 9.37 Å². The molecule has 1 N–H and O–H groups in total. The quantitative estimate of drug-likeness (QED) is 0.861. The fourth-order valence-electron chi connectivity index (χ4n) is 1.29. The average molecular weight is 262 g/mol. The highest BCUT2D eigenvalue weighted by Gasteiger charge is 2.04. The van der Waals surface area contributed by atoms with Gasteiger partial charge in [-0.2, -0.15) is 0 Å². The summed E-state index contributed by atoms with van der Waals surface area (Å²) in [6, 6.07) is 12.3. The van der Waals surface area contributed by atoms with E-state index in [9.17, 15) is 9.18 Å².